The van der Waals surface area contributed by atoms with Gasteiger partial charge in [0.1, 0.15) is 5.75 Å². The zero-order valence-electron chi connectivity index (χ0n) is 11.1. The predicted octanol–water partition coefficient (Wildman–Crippen LogP) is 1.65. The van der Waals surface area contributed by atoms with Crippen molar-refractivity contribution >= 4 is 5.95 Å². The van der Waals surface area contributed by atoms with Crippen molar-refractivity contribution in [3.8, 4) is 5.75 Å². The molecule has 0 atom stereocenters. The molecule has 1 heterocycles. The summed E-state index contributed by atoms with van der Waals surface area (Å²) in [4.78, 5) is 18.4. The second-order valence-electron chi connectivity index (χ2n) is 4.27. The van der Waals surface area contributed by atoms with Gasteiger partial charge in [0, 0.05) is 12.0 Å². The number of nitrogen functional groups attached to an aromatic ring is 1. The number of nitrogens with one attached hydrogen (secondary N) is 1. The number of anilines is 1. The standard InChI is InChI=1S/C14H17N3O2/c1-3-19-11-6-4-10(5-7-11)8-12-9(2)16-14(15)17-13(12)18/h4-7H,3,8H2,1-2H3,(H3,15,16,17,18). The topological polar surface area (TPSA) is 81.0 Å². The molecule has 0 bridgehead atoms. The molecule has 0 spiro atoms. The van der Waals surface area contributed by atoms with E-state index in [4.69, 9.17) is 10.5 Å². The van der Waals surface area contributed by atoms with E-state index in [0.29, 0.717) is 24.3 Å². The van der Waals surface area contributed by atoms with E-state index in [0.717, 1.165) is 11.3 Å². The first-order chi connectivity index (χ1) is 9.10. The van der Waals surface area contributed by atoms with Crippen LogP contribution in [0.1, 0.15) is 23.7 Å². The number of hydrogen-bond donors (Lipinski definition) is 2. The molecule has 0 saturated carbocycles. The summed E-state index contributed by atoms with van der Waals surface area (Å²) in [7, 11) is 0. The highest BCUT2D eigenvalue weighted by molar-refractivity contribution is 5.33. The van der Waals surface area contributed by atoms with Crippen molar-refractivity contribution in [3.05, 3.63) is 51.4 Å². The van der Waals surface area contributed by atoms with Crippen molar-refractivity contribution in [2.24, 2.45) is 0 Å². The minimum atomic E-state index is -0.182. The smallest absolute Gasteiger partial charge is 0.256 e. The minimum absolute atomic E-state index is 0.151. The molecule has 0 unspecified atom stereocenters. The van der Waals surface area contributed by atoms with Crippen LogP contribution in [0.5, 0.6) is 5.75 Å². The number of hydrogen-bond acceptors (Lipinski definition) is 4. The molecule has 0 saturated heterocycles. The van der Waals surface area contributed by atoms with Crippen LogP contribution in [0.3, 0.4) is 0 Å². The maximum Gasteiger partial charge on any atom is 0.256 e. The van der Waals surface area contributed by atoms with Gasteiger partial charge in [-0.1, -0.05) is 12.1 Å². The van der Waals surface area contributed by atoms with Crippen LogP contribution < -0.4 is 16.0 Å². The molecular formula is C14H17N3O2. The molecule has 0 aliphatic carbocycles. The molecule has 2 rings (SSSR count). The first-order valence-electron chi connectivity index (χ1n) is 6.17. The molecule has 0 amide bonds. The van der Waals surface area contributed by atoms with E-state index >= 15 is 0 Å². The summed E-state index contributed by atoms with van der Waals surface area (Å²) in [6.07, 6.45) is 0.529. The van der Waals surface area contributed by atoms with E-state index < -0.39 is 0 Å². The van der Waals surface area contributed by atoms with Crippen molar-refractivity contribution in [1.29, 1.82) is 0 Å². The zero-order chi connectivity index (χ0) is 13.8. The molecule has 5 nitrogen and oxygen atoms in total. The minimum Gasteiger partial charge on any atom is -0.494 e. The summed E-state index contributed by atoms with van der Waals surface area (Å²) >= 11 is 0. The van der Waals surface area contributed by atoms with Gasteiger partial charge in [-0.3, -0.25) is 9.78 Å². The molecule has 19 heavy (non-hydrogen) atoms. The summed E-state index contributed by atoms with van der Waals surface area (Å²) in [5.74, 6) is 0.977. The second kappa shape index (κ2) is 5.56. The van der Waals surface area contributed by atoms with Gasteiger partial charge in [0.25, 0.3) is 5.56 Å². The lowest BCUT2D eigenvalue weighted by Gasteiger charge is -2.07. The number of nitrogens with two attached hydrogens (primary N) is 1. The third-order valence-electron chi connectivity index (χ3n) is 2.86. The molecule has 0 aliphatic heterocycles. The summed E-state index contributed by atoms with van der Waals surface area (Å²) in [6, 6.07) is 7.68. The fourth-order valence-electron chi connectivity index (χ4n) is 1.91. The van der Waals surface area contributed by atoms with Gasteiger partial charge in [-0.25, -0.2) is 4.98 Å². The fourth-order valence-corrected chi connectivity index (χ4v) is 1.91. The van der Waals surface area contributed by atoms with Gasteiger partial charge in [0.05, 0.1) is 12.3 Å². The van der Waals surface area contributed by atoms with E-state index in [-0.39, 0.29) is 11.5 Å². The summed E-state index contributed by atoms with van der Waals surface area (Å²) in [5.41, 5.74) is 7.64. The van der Waals surface area contributed by atoms with Crippen LogP contribution in [-0.4, -0.2) is 16.6 Å². The Kier molecular flexibility index (Phi) is 3.85. The van der Waals surface area contributed by atoms with E-state index in [1.165, 1.54) is 0 Å². The number of rotatable bonds is 4. The largest absolute Gasteiger partial charge is 0.494 e. The Morgan fingerprint density at radius 1 is 1.32 bits per heavy atom. The lowest BCUT2D eigenvalue weighted by molar-refractivity contribution is 0.340. The van der Waals surface area contributed by atoms with Crippen LogP contribution in [0.4, 0.5) is 5.95 Å². The number of aromatic amines is 1. The number of ether oxygens (including phenoxy) is 1. The summed E-state index contributed by atoms with van der Waals surface area (Å²) < 4.78 is 5.38. The van der Waals surface area contributed by atoms with Crippen molar-refractivity contribution in [1.82, 2.24) is 9.97 Å². The molecule has 100 valence electrons. The third kappa shape index (κ3) is 3.13. The lowest BCUT2D eigenvalue weighted by Crippen LogP contribution is -2.18. The van der Waals surface area contributed by atoms with Crippen molar-refractivity contribution in [2.75, 3.05) is 12.3 Å². The van der Waals surface area contributed by atoms with Crippen LogP contribution in [0.15, 0.2) is 29.1 Å². The molecule has 1 aromatic carbocycles. The second-order valence-corrected chi connectivity index (χ2v) is 4.27. The Hall–Kier alpha value is -2.30. The highest BCUT2D eigenvalue weighted by atomic mass is 16.5. The first kappa shape index (κ1) is 13.1. The van der Waals surface area contributed by atoms with Gasteiger partial charge in [-0.05, 0) is 31.5 Å². The molecule has 0 fully saturated rings. The predicted molar refractivity (Wildman–Crippen MR) is 74.4 cm³/mol. The number of nitrogens with zero attached hydrogens (tertiary/aromatic N) is 1. The Morgan fingerprint density at radius 3 is 2.58 bits per heavy atom. The van der Waals surface area contributed by atoms with Crippen molar-refractivity contribution in [2.45, 2.75) is 20.3 Å². The SMILES string of the molecule is CCOc1ccc(Cc2c(C)nc(N)[nH]c2=O)cc1. The Balaban J connectivity index is 2.24. The molecule has 2 aromatic rings. The molecule has 0 aliphatic rings. The first-order valence-corrected chi connectivity index (χ1v) is 6.17. The molecule has 5 heteroatoms. The van der Waals surface area contributed by atoms with Gasteiger partial charge in [-0.2, -0.15) is 0 Å². The van der Waals surface area contributed by atoms with E-state index in [1.807, 2.05) is 31.2 Å². The highest BCUT2D eigenvalue weighted by Gasteiger charge is 2.08. The van der Waals surface area contributed by atoms with Crippen LogP contribution in [0.25, 0.3) is 0 Å². The molecule has 3 N–H and O–H groups in total. The number of aromatic nitrogens is 2. The Labute approximate surface area is 111 Å². The molecule has 0 radical (unpaired) electrons. The number of H-pyrrole nitrogens is 1. The van der Waals surface area contributed by atoms with Crippen LogP contribution in [0.2, 0.25) is 0 Å². The summed E-state index contributed by atoms with van der Waals surface area (Å²) in [5, 5.41) is 0. The third-order valence-corrected chi connectivity index (χ3v) is 2.86. The quantitative estimate of drug-likeness (QED) is 0.874. The van der Waals surface area contributed by atoms with E-state index in [1.54, 1.807) is 6.92 Å². The number of benzene rings is 1. The maximum absolute atomic E-state index is 11.8. The van der Waals surface area contributed by atoms with Crippen molar-refractivity contribution in [3.63, 3.8) is 0 Å². The van der Waals surface area contributed by atoms with Gasteiger partial charge < -0.3 is 10.5 Å². The van der Waals surface area contributed by atoms with E-state index in [2.05, 4.69) is 9.97 Å². The normalized spacial score (nSPS) is 10.4. The monoisotopic (exact) mass is 259 g/mol. The van der Waals surface area contributed by atoms with Crippen molar-refractivity contribution < 1.29 is 4.74 Å². The van der Waals surface area contributed by atoms with Crippen LogP contribution in [-0.2, 0) is 6.42 Å². The Bertz CT molecular complexity index is 618. The average Bonchev–Trinajstić information content (AvgIpc) is 2.36. The highest BCUT2D eigenvalue weighted by Crippen LogP contribution is 2.15. The maximum atomic E-state index is 11.8. The Morgan fingerprint density at radius 2 is 2.00 bits per heavy atom. The van der Waals surface area contributed by atoms with Gasteiger partial charge in [0.15, 0.2) is 0 Å². The fraction of sp³-hybridized carbons (Fsp3) is 0.286. The van der Waals surface area contributed by atoms with Gasteiger partial charge in [-0.15, -0.1) is 0 Å². The summed E-state index contributed by atoms with van der Waals surface area (Å²) in [6.45, 7) is 4.37. The van der Waals surface area contributed by atoms with Crippen LogP contribution >= 0.6 is 0 Å². The molecular weight excluding hydrogens is 242 g/mol. The average molecular weight is 259 g/mol. The number of aryl methyl sites for hydroxylation is 1. The van der Waals surface area contributed by atoms with Gasteiger partial charge >= 0.3 is 0 Å². The van der Waals surface area contributed by atoms with E-state index in [9.17, 15) is 4.79 Å². The molecule has 1 aromatic heterocycles. The zero-order valence-corrected chi connectivity index (χ0v) is 11.1. The van der Waals surface area contributed by atoms with Gasteiger partial charge in [0.2, 0.25) is 5.95 Å². The lowest BCUT2D eigenvalue weighted by atomic mass is 10.1. The van der Waals surface area contributed by atoms with Crippen LogP contribution in [0, 0.1) is 6.92 Å².